The van der Waals surface area contributed by atoms with Crippen molar-refractivity contribution in [1.29, 1.82) is 5.26 Å². The Morgan fingerprint density at radius 2 is 2.00 bits per heavy atom. The van der Waals surface area contributed by atoms with Gasteiger partial charge in [-0.3, -0.25) is 9.69 Å². The third kappa shape index (κ3) is 5.13. The van der Waals surface area contributed by atoms with Crippen molar-refractivity contribution >= 4 is 17.7 Å². The number of nitrogens with zero attached hydrogens (tertiary/aromatic N) is 4. The summed E-state index contributed by atoms with van der Waals surface area (Å²) in [7, 11) is 2.15. The lowest BCUT2D eigenvalue weighted by atomic mass is 9.97. The van der Waals surface area contributed by atoms with E-state index in [0.29, 0.717) is 17.5 Å². The summed E-state index contributed by atoms with van der Waals surface area (Å²) in [6, 6.07) is 6.24. The van der Waals surface area contributed by atoms with E-state index in [1.54, 1.807) is 37.8 Å². The summed E-state index contributed by atoms with van der Waals surface area (Å²) in [5, 5.41) is 12.6. The van der Waals surface area contributed by atoms with Gasteiger partial charge in [-0.15, -0.1) is 0 Å². The third-order valence-electron chi connectivity index (χ3n) is 8.58. The Bertz CT molecular complexity index is 1100. The second kappa shape index (κ2) is 9.79. The number of hydrogen-bond acceptors (Lipinski definition) is 6. The zero-order valence-electron chi connectivity index (χ0n) is 22.2. The zero-order valence-corrected chi connectivity index (χ0v) is 22.2. The molecule has 2 amide bonds. The number of likely N-dealkylation sites (N-methyl/N-ethyl adjacent to an activating group) is 1. The van der Waals surface area contributed by atoms with Crippen LogP contribution in [-0.2, 0) is 16.0 Å². The van der Waals surface area contributed by atoms with Crippen LogP contribution >= 0.6 is 0 Å². The topological polar surface area (TPSA) is 88.9 Å². The highest BCUT2D eigenvalue weighted by atomic mass is 19.1. The third-order valence-corrected chi connectivity index (χ3v) is 8.58. The second-order valence-electron chi connectivity index (χ2n) is 12.2. The maximum Gasteiger partial charge on any atom is 0.411 e. The fraction of sp³-hybridized carbons (Fsp3) is 0.679. The van der Waals surface area contributed by atoms with Crippen molar-refractivity contribution in [3.05, 3.63) is 29.6 Å². The number of nitrogens with one attached hydrogen (secondary N) is 1. The van der Waals surface area contributed by atoms with Crippen LogP contribution in [0.1, 0.15) is 52.0 Å². The van der Waals surface area contributed by atoms with Crippen LogP contribution in [0, 0.1) is 29.0 Å². The highest BCUT2D eigenvalue weighted by Crippen LogP contribution is 2.43. The van der Waals surface area contributed by atoms with Crippen molar-refractivity contribution in [3.63, 3.8) is 0 Å². The first-order valence-electron chi connectivity index (χ1n) is 13.5. The zero-order chi connectivity index (χ0) is 26.5. The Morgan fingerprint density at radius 1 is 1.22 bits per heavy atom. The maximum absolute atomic E-state index is 15.1. The number of hydrogen-bond donors (Lipinski definition) is 1. The molecule has 5 unspecified atom stereocenters. The molecule has 8 nitrogen and oxygen atoms in total. The fourth-order valence-corrected chi connectivity index (χ4v) is 6.79. The van der Waals surface area contributed by atoms with Crippen LogP contribution in [0.4, 0.5) is 14.9 Å². The van der Waals surface area contributed by atoms with Crippen LogP contribution < -0.4 is 10.2 Å². The largest absolute Gasteiger partial charge is 0.444 e. The lowest BCUT2D eigenvalue weighted by molar-refractivity contribution is -0.128. The summed E-state index contributed by atoms with van der Waals surface area (Å²) in [5.41, 5.74) is 0.586. The van der Waals surface area contributed by atoms with Crippen LogP contribution in [0.3, 0.4) is 0 Å². The monoisotopic (exact) mass is 511 g/mol. The molecule has 6 atom stereocenters. The molecule has 200 valence electrons. The van der Waals surface area contributed by atoms with E-state index in [9.17, 15) is 14.9 Å². The van der Waals surface area contributed by atoms with Gasteiger partial charge in [-0.2, -0.15) is 5.26 Å². The number of amides is 2. The number of nitriles is 1. The maximum atomic E-state index is 15.1. The Hall–Kier alpha value is -2.86. The smallest absolute Gasteiger partial charge is 0.411 e. The van der Waals surface area contributed by atoms with E-state index in [2.05, 4.69) is 28.2 Å². The SMILES string of the molecule is CN1CCC2CN(c3ccc(C[C@@H](C#N)NC(=O)C4C5CCC(C5)N4C(=O)OC(C)(C)C)c(F)c3)CC21. The van der Waals surface area contributed by atoms with Crippen LogP contribution in [-0.4, -0.2) is 78.3 Å². The van der Waals surface area contributed by atoms with Gasteiger partial charge in [0.2, 0.25) is 5.91 Å². The first kappa shape index (κ1) is 25.8. The lowest BCUT2D eigenvalue weighted by Gasteiger charge is -2.35. The van der Waals surface area contributed by atoms with E-state index >= 15 is 4.39 Å². The number of likely N-dealkylation sites (tertiary alicyclic amines) is 2. The lowest BCUT2D eigenvalue weighted by Crippen LogP contribution is -2.55. The Morgan fingerprint density at radius 3 is 2.68 bits per heavy atom. The van der Waals surface area contributed by atoms with Crippen LogP contribution in [0.15, 0.2) is 18.2 Å². The molecule has 1 N–H and O–H groups in total. The Balaban J connectivity index is 1.23. The molecule has 37 heavy (non-hydrogen) atoms. The Labute approximate surface area is 218 Å². The predicted molar refractivity (Wildman–Crippen MR) is 137 cm³/mol. The number of anilines is 1. The second-order valence-corrected chi connectivity index (χ2v) is 12.2. The minimum Gasteiger partial charge on any atom is -0.444 e. The van der Waals surface area contributed by atoms with E-state index in [1.807, 2.05) is 6.07 Å². The normalized spacial score (nSPS) is 29.8. The number of halogens is 1. The minimum absolute atomic E-state index is 0.0222. The number of carbonyl (C=O) groups is 2. The van der Waals surface area contributed by atoms with Gasteiger partial charge < -0.3 is 19.9 Å². The van der Waals surface area contributed by atoms with Crippen molar-refractivity contribution in [3.8, 4) is 6.07 Å². The highest BCUT2D eigenvalue weighted by molar-refractivity contribution is 5.87. The molecule has 0 aromatic heterocycles. The molecule has 1 aromatic rings. The molecular weight excluding hydrogens is 473 g/mol. The van der Waals surface area contributed by atoms with Gasteiger partial charge in [0.05, 0.1) is 6.07 Å². The number of ether oxygens (including phenoxy) is 1. The number of fused-ring (bicyclic) bond motifs is 3. The van der Waals surface area contributed by atoms with Crippen LogP contribution in [0.25, 0.3) is 0 Å². The minimum atomic E-state index is -0.896. The summed E-state index contributed by atoms with van der Waals surface area (Å²) in [4.78, 5) is 32.4. The molecular formula is C28H38FN5O3. The molecule has 2 bridgehead atoms. The van der Waals surface area contributed by atoms with Crippen molar-refractivity contribution in [1.82, 2.24) is 15.1 Å². The Kier molecular flexibility index (Phi) is 6.82. The number of benzene rings is 1. The average Bonchev–Trinajstić information content (AvgIpc) is 3.60. The summed E-state index contributed by atoms with van der Waals surface area (Å²) in [6.45, 7) is 8.35. The summed E-state index contributed by atoms with van der Waals surface area (Å²) in [6.07, 6.45) is 3.22. The van der Waals surface area contributed by atoms with Gasteiger partial charge in [0.25, 0.3) is 0 Å². The number of rotatable bonds is 5. The number of piperidine rings is 1. The van der Waals surface area contributed by atoms with E-state index < -0.39 is 23.8 Å². The molecule has 5 rings (SSSR count). The molecule has 4 fully saturated rings. The first-order chi connectivity index (χ1) is 17.5. The van der Waals surface area contributed by atoms with Gasteiger partial charge in [-0.25, -0.2) is 9.18 Å². The van der Waals surface area contributed by atoms with Gasteiger partial charge in [0, 0.05) is 37.3 Å². The molecule has 9 heteroatoms. The molecule has 1 saturated carbocycles. The molecule has 0 radical (unpaired) electrons. The van der Waals surface area contributed by atoms with Crippen LogP contribution in [0.2, 0.25) is 0 Å². The fourth-order valence-electron chi connectivity index (χ4n) is 6.79. The van der Waals surface area contributed by atoms with E-state index in [0.717, 1.165) is 44.6 Å². The van der Waals surface area contributed by atoms with Crippen LogP contribution in [0.5, 0.6) is 0 Å². The molecule has 0 spiro atoms. The van der Waals surface area contributed by atoms with Gasteiger partial charge in [0.15, 0.2) is 0 Å². The van der Waals surface area contributed by atoms with E-state index in [-0.39, 0.29) is 30.1 Å². The van der Waals surface area contributed by atoms with Crippen molar-refractivity contribution in [2.75, 3.05) is 31.6 Å². The number of carbonyl (C=O) groups excluding carboxylic acids is 2. The van der Waals surface area contributed by atoms with Crippen molar-refractivity contribution in [2.45, 2.75) is 82.6 Å². The highest BCUT2D eigenvalue weighted by Gasteiger charge is 2.52. The summed E-state index contributed by atoms with van der Waals surface area (Å²) in [5.74, 6) is -0.0639. The van der Waals surface area contributed by atoms with Gasteiger partial charge in [-0.05, 0) is 89.6 Å². The average molecular weight is 512 g/mol. The molecule has 3 heterocycles. The van der Waals surface area contributed by atoms with Gasteiger partial charge in [-0.1, -0.05) is 6.07 Å². The quantitative estimate of drug-likeness (QED) is 0.653. The van der Waals surface area contributed by atoms with Crippen molar-refractivity contribution in [2.24, 2.45) is 11.8 Å². The standard InChI is InChI=1S/C28H38FN5O3/c1-28(2,3)37-27(36)34-22-8-6-18(12-22)25(34)26(35)31-20(14-30)11-17-5-7-21(13-23(17)29)33-15-19-9-10-32(4)24(19)16-33/h5,7,13,18-20,22,24-25H,6,8-12,15-16H2,1-4H3,(H,31,35)/t18?,19?,20-,22?,24?,25?/m0/s1. The molecule has 1 aromatic carbocycles. The van der Waals surface area contributed by atoms with Crippen molar-refractivity contribution < 1.29 is 18.7 Å². The predicted octanol–water partition coefficient (Wildman–Crippen LogP) is 3.30. The first-order valence-corrected chi connectivity index (χ1v) is 13.5. The molecule has 1 aliphatic carbocycles. The summed E-state index contributed by atoms with van der Waals surface area (Å²) >= 11 is 0. The van der Waals surface area contributed by atoms with Gasteiger partial charge in [0.1, 0.15) is 23.5 Å². The van der Waals surface area contributed by atoms with E-state index in [1.165, 1.54) is 6.42 Å². The van der Waals surface area contributed by atoms with E-state index in [4.69, 9.17) is 4.74 Å². The summed E-state index contributed by atoms with van der Waals surface area (Å²) < 4.78 is 20.7. The molecule has 3 saturated heterocycles. The van der Waals surface area contributed by atoms with Gasteiger partial charge >= 0.3 is 6.09 Å². The molecule has 4 aliphatic rings. The molecule has 3 aliphatic heterocycles.